The van der Waals surface area contributed by atoms with Gasteiger partial charge < -0.3 is 25.0 Å². The van der Waals surface area contributed by atoms with Gasteiger partial charge >= 0.3 is 6.72 Å². The summed E-state index contributed by atoms with van der Waals surface area (Å²) in [4.78, 5) is 0. The Morgan fingerprint density at radius 2 is 1.00 bits per heavy atom. The van der Waals surface area contributed by atoms with Crippen LogP contribution in [0.3, 0.4) is 0 Å². The van der Waals surface area contributed by atoms with Gasteiger partial charge in [0.05, 0.1) is 19.8 Å². The standard InChI is InChI=1S/C26H49N2O3PS/c1-2-3-4-5-6-9-14-25-16-18-26(19-17-25)15-10-7-8-11-22-29-32(33,30-23-12-20-27)31-24-13-21-28/h16-19H,2-15,20-24,27-28H2,1H3. The molecule has 5 nitrogen and oxygen atoms in total. The van der Waals surface area contributed by atoms with Gasteiger partial charge in [-0.25, -0.2) is 0 Å². The van der Waals surface area contributed by atoms with Gasteiger partial charge in [0.1, 0.15) is 0 Å². The minimum atomic E-state index is -2.68. The van der Waals surface area contributed by atoms with Crippen LogP contribution in [0, 0.1) is 0 Å². The molecule has 0 bridgehead atoms. The normalized spacial score (nSPS) is 11.8. The van der Waals surface area contributed by atoms with Crippen molar-refractivity contribution in [3.8, 4) is 0 Å². The van der Waals surface area contributed by atoms with E-state index >= 15 is 0 Å². The molecule has 0 aliphatic carbocycles. The van der Waals surface area contributed by atoms with Crippen molar-refractivity contribution in [3.05, 3.63) is 35.4 Å². The van der Waals surface area contributed by atoms with Crippen molar-refractivity contribution in [2.75, 3.05) is 32.9 Å². The number of nitrogens with two attached hydrogens (primary N) is 2. The molecule has 33 heavy (non-hydrogen) atoms. The molecule has 1 aromatic carbocycles. The molecule has 0 radical (unpaired) electrons. The van der Waals surface area contributed by atoms with Crippen molar-refractivity contribution in [1.29, 1.82) is 0 Å². The first-order valence-corrected chi connectivity index (χ1v) is 15.7. The van der Waals surface area contributed by atoms with Crippen molar-refractivity contribution in [2.45, 2.75) is 96.8 Å². The number of hydrogen-bond donors (Lipinski definition) is 2. The topological polar surface area (TPSA) is 79.7 Å². The van der Waals surface area contributed by atoms with Gasteiger partial charge in [-0.05, 0) is 81.0 Å². The van der Waals surface area contributed by atoms with Crippen LogP contribution in [0.2, 0.25) is 0 Å². The highest BCUT2D eigenvalue weighted by atomic mass is 32.5. The first-order valence-electron chi connectivity index (χ1n) is 13.1. The van der Waals surface area contributed by atoms with Gasteiger partial charge in [0.15, 0.2) is 0 Å². The zero-order valence-electron chi connectivity index (χ0n) is 21.0. The van der Waals surface area contributed by atoms with E-state index in [0.717, 1.165) is 32.1 Å². The summed E-state index contributed by atoms with van der Waals surface area (Å²) < 4.78 is 17.3. The van der Waals surface area contributed by atoms with Gasteiger partial charge in [0.2, 0.25) is 0 Å². The third kappa shape index (κ3) is 16.9. The number of rotatable bonds is 23. The highest BCUT2D eigenvalue weighted by Crippen LogP contribution is 2.50. The summed E-state index contributed by atoms with van der Waals surface area (Å²) in [6, 6.07) is 9.25. The molecule has 192 valence electrons. The Morgan fingerprint density at radius 3 is 1.45 bits per heavy atom. The maximum Gasteiger partial charge on any atom is 0.327 e. The molecule has 0 aliphatic heterocycles. The van der Waals surface area contributed by atoms with Crippen LogP contribution in [0.25, 0.3) is 0 Å². The lowest BCUT2D eigenvalue weighted by Gasteiger charge is -2.21. The SMILES string of the molecule is CCCCCCCCc1ccc(CCCCCCOP(=S)(OCCCN)OCCCN)cc1. The summed E-state index contributed by atoms with van der Waals surface area (Å²) >= 11 is 5.52. The number of benzene rings is 1. The summed E-state index contributed by atoms with van der Waals surface area (Å²) in [5.74, 6) is 0. The quantitative estimate of drug-likeness (QED) is 0.129. The van der Waals surface area contributed by atoms with E-state index in [-0.39, 0.29) is 0 Å². The van der Waals surface area contributed by atoms with Crippen LogP contribution in [-0.2, 0) is 38.2 Å². The summed E-state index contributed by atoms with van der Waals surface area (Å²) in [6.45, 7) is 2.27. The lowest BCUT2D eigenvalue weighted by atomic mass is 10.0. The lowest BCUT2D eigenvalue weighted by Crippen LogP contribution is -2.09. The predicted molar refractivity (Wildman–Crippen MR) is 145 cm³/mol. The molecule has 0 saturated heterocycles. The molecule has 0 spiro atoms. The van der Waals surface area contributed by atoms with Crippen molar-refractivity contribution >= 4 is 18.5 Å². The largest absolute Gasteiger partial charge is 0.330 e. The Labute approximate surface area is 208 Å². The molecule has 0 aromatic heterocycles. The second-order valence-electron chi connectivity index (χ2n) is 8.73. The minimum absolute atomic E-state index is 0.480. The second-order valence-corrected chi connectivity index (χ2v) is 11.7. The fourth-order valence-electron chi connectivity index (χ4n) is 3.57. The monoisotopic (exact) mass is 500 g/mol. The van der Waals surface area contributed by atoms with Crippen molar-refractivity contribution in [2.24, 2.45) is 11.5 Å². The third-order valence-electron chi connectivity index (χ3n) is 5.65. The molecule has 0 fully saturated rings. The van der Waals surface area contributed by atoms with Gasteiger partial charge in [0, 0.05) is 0 Å². The van der Waals surface area contributed by atoms with Gasteiger partial charge in [-0.3, -0.25) is 0 Å². The van der Waals surface area contributed by atoms with E-state index in [9.17, 15) is 0 Å². The average Bonchev–Trinajstić information content (AvgIpc) is 2.82. The number of unbranched alkanes of at least 4 members (excludes halogenated alkanes) is 8. The number of hydrogen-bond acceptors (Lipinski definition) is 6. The Balaban J connectivity index is 2.14. The molecular weight excluding hydrogens is 451 g/mol. The Bertz CT molecular complexity index is 602. The van der Waals surface area contributed by atoms with Crippen LogP contribution in [-0.4, -0.2) is 32.9 Å². The molecule has 0 amide bonds. The Kier molecular flexibility index (Phi) is 19.5. The Hall–Kier alpha value is -0.330. The van der Waals surface area contributed by atoms with Crippen molar-refractivity contribution < 1.29 is 13.6 Å². The van der Waals surface area contributed by atoms with E-state index < -0.39 is 6.72 Å². The summed E-state index contributed by atoms with van der Waals surface area (Å²) in [6.07, 6.45) is 16.5. The Morgan fingerprint density at radius 1 is 0.606 bits per heavy atom. The maximum atomic E-state index is 5.86. The highest BCUT2D eigenvalue weighted by Gasteiger charge is 2.20. The third-order valence-corrected chi connectivity index (χ3v) is 8.09. The molecule has 0 unspecified atom stereocenters. The van der Waals surface area contributed by atoms with Crippen LogP contribution in [0.5, 0.6) is 0 Å². The zero-order valence-corrected chi connectivity index (χ0v) is 22.7. The van der Waals surface area contributed by atoms with Gasteiger partial charge in [-0.1, -0.05) is 76.1 Å². The van der Waals surface area contributed by atoms with Gasteiger partial charge in [-0.15, -0.1) is 0 Å². The van der Waals surface area contributed by atoms with Gasteiger partial charge in [-0.2, -0.15) is 0 Å². The fourth-order valence-corrected chi connectivity index (χ4v) is 5.53. The van der Waals surface area contributed by atoms with Crippen LogP contribution in [0.4, 0.5) is 0 Å². The first kappa shape index (κ1) is 30.7. The molecule has 4 N–H and O–H groups in total. The molecule has 1 aromatic rings. The van der Waals surface area contributed by atoms with Crippen LogP contribution in [0.1, 0.15) is 95.1 Å². The molecule has 7 heteroatoms. The van der Waals surface area contributed by atoms with E-state index in [4.69, 9.17) is 36.8 Å². The molecule has 1 rings (SSSR count). The molecule has 0 saturated carbocycles. The first-order chi connectivity index (χ1) is 16.1. The minimum Gasteiger partial charge on any atom is -0.330 e. The van der Waals surface area contributed by atoms with Crippen molar-refractivity contribution in [1.82, 2.24) is 0 Å². The fraction of sp³-hybridized carbons (Fsp3) is 0.769. The van der Waals surface area contributed by atoms with E-state index in [1.165, 1.54) is 68.9 Å². The van der Waals surface area contributed by atoms with Crippen LogP contribution >= 0.6 is 6.72 Å². The summed E-state index contributed by atoms with van der Waals surface area (Å²) in [5.41, 5.74) is 14.0. The second kappa shape index (κ2) is 21.0. The van der Waals surface area contributed by atoms with Crippen LogP contribution in [0.15, 0.2) is 24.3 Å². The molecule has 0 atom stereocenters. The van der Waals surface area contributed by atoms with E-state index in [0.29, 0.717) is 32.9 Å². The van der Waals surface area contributed by atoms with Crippen LogP contribution < -0.4 is 11.5 Å². The lowest BCUT2D eigenvalue weighted by molar-refractivity contribution is 0.153. The molecule has 0 aliphatic rings. The molecule has 0 heterocycles. The average molecular weight is 501 g/mol. The molecular formula is C26H49N2O3PS. The number of aryl methyl sites for hydroxylation is 2. The van der Waals surface area contributed by atoms with Crippen molar-refractivity contribution in [3.63, 3.8) is 0 Å². The highest BCUT2D eigenvalue weighted by molar-refractivity contribution is 8.07. The smallest absolute Gasteiger partial charge is 0.327 e. The predicted octanol–water partition coefficient (Wildman–Crippen LogP) is 6.66. The maximum absolute atomic E-state index is 5.86. The zero-order chi connectivity index (χ0) is 24.0. The summed E-state index contributed by atoms with van der Waals surface area (Å²) in [7, 11) is 0. The van der Waals surface area contributed by atoms with E-state index in [1.54, 1.807) is 0 Å². The van der Waals surface area contributed by atoms with Gasteiger partial charge in [0.25, 0.3) is 0 Å². The van der Waals surface area contributed by atoms with E-state index in [1.807, 2.05) is 0 Å². The van der Waals surface area contributed by atoms with E-state index in [2.05, 4.69) is 31.2 Å². The summed E-state index contributed by atoms with van der Waals surface area (Å²) in [5, 5.41) is 0.